The van der Waals surface area contributed by atoms with Crippen molar-refractivity contribution in [3.63, 3.8) is 0 Å². The minimum atomic E-state index is 0.0780. The molecule has 0 N–H and O–H groups in total. The molecule has 0 aliphatic rings. The first kappa shape index (κ1) is 28.2. The predicted molar refractivity (Wildman–Crippen MR) is 159 cm³/mol. The van der Waals surface area contributed by atoms with Crippen LogP contribution in [-0.4, -0.2) is 0 Å². The van der Waals surface area contributed by atoms with Crippen LogP contribution in [0.5, 0.6) is 0 Å². The first-order valence-electron chi connectivity index (χ1n) is 13.6. The maximum atomic E-state index is 3.65. The van der Waals surface area contributed by atoms with E-state index in [2.05, 4.69) is 144 Å². The van der Waals surface area contributed by atoms with Gasteiger partial charge >= 0.3 is 0 Å². The highest BCUT2D eigenvalue weighted by Gasteiger charge is 2.29. The van der Waals surface area contributed by atoms with Gasteiger partial charge in [-0.05, 0) is 85.1 Å². The van der Waals surface area contributed by atoms with Gasteiger partial charge in [0.05, 0.1) is 0 Å². The molecule has 0 bridgehead atoms. The van der Waals surface area contributed by atoms with E-state index in [1.807, 2.05) is 0 Å². The predicted octanol–water partition coefficient (Wildman–Crippen LogP) is 9.86. The van der Waals surface area contributed by atoms with Crippen LogP contribution in [0.3, 0.4) is 0 Å². The van der Waals surface area contributed by atoms with Gasteiger partial charge in [0.25, 0.3) is 0 Å². The molecule has 0 aromatic heterocycles. The van der Waals surface area contributed by atoms with E-state index in [0.717, 1.165) is 12.8 Å². The lowest BCUT2D eigenvalue weighted by Gasteiger charge is -2.33. The normalized spacial score (nSPS) is 13.2. The molecule has 0 heteroatoms. The SMILES string of the molecule is CC(C)(C)c1cccc(Cc2[c]cccc2Cc2cccc(C(C)(C)C)c2C(C)(C)C)c1C(C)(C)C. The van der Waals surface area contributed by atoms with Crippen LogP contribution in [0.4, 0.5) is 0 Å². The monoisotopic (exact) mass is 481 g/mol. The standard InChI is InChI=1S/C36H49/c1-33(2,3)29-21-15-19-27(31(29)35(7,8)9)23-25-17-13-14-18-26(25)24-28-20-16-22-30(34(4,5)6)32(28)36(10,11)12/h13-17,19-22H,23-24H2,1-12H3. The molecule has 0 nitrogen and oxygen atoms in total. The van der Waals surface area contributed by atoms with Gasteiger partial charge in [-0.2, -0.15) is 0 Å². The van der Waals surface area contributed by atoms with Crippen molar-refractivity contribution < 1.29 is 0 Å². The van der Waals surface area contributed by atoms with Crippen LogP contribution in [0.1, 0.15) is 128 Å². The summed E-state index contributed by atoms with van der Waals surface area (Å²) in [5.74, 6) is 0. The first-order chi connectivity index (χ1) is 16.4. The number of hydrogen-bond acceptors (Lipinski definition) is 0. The van der Waals surface area contributed by atoms with E-state index in [1.54, 1.807) is 0 Å². The van der Waals surface area contributed by atoms with Gasteiger partial charge in [0.15, 0.2) is 0 Å². The molecule has 0 fully saturated rings. The van der Waals surface area contributed by atoms with Crippen LogP contribution in [0.25, 0.3) is 0 Å². The average molecular weight is 482 g/mol. The molecule has 1 radical (unpaired) electrons. The summed E-state index contributed by atoms with van der Waals surface area (Å²) in [6.07, 6.45) is 1.85. The largest absolute Gasteiger partial charge is 0.0617 e. The van der Waals surface area contributed by atoms with Crippen LogP contribution in [0.2, 0.25) is 0 Å². The van der Waals surface area contributed by atoms with Crippen molar-refractivity contribution in [2.24, 2.45) is 0 Å². The molecule has 0 unspecified atom stereocenters. The third kappa shape index (κ3) is 6.31. The molecule has 0 spiro atoms. The maximum Gasteiger partial charge on any atom is -0.00137 e. The van der Waals surface area contributed by atoms with E-state index in [0.29, 0.717) is 0 Å². The molecule has 0 aliphatic heterocycles. The topological polar surface area (TPSA) is 0 Å². The Morgan fingerprint density at radius 3 is 1.31 bits per heavy atom. The van der Waals surface area contributed by atoms with Gasteiger partial charge in [0, 0.05) is 0 Å². The summed E-state index contributed by atoms with van der Waals surface area (Å²) in [5, 5.41) is 0. The zero-order valence-corrected chi connectivity index (χ0v) is 25.1. The van der Waals surface area contributed by atoms with Gasteiger partial charge in [0.2, 0.25) is 0 Å². The molecule has 0 saturated heterocycles. The van der Waals surface area contributed by atoms with E-state index < -0.39 is 0 Å². The van der Waals surface area contributed by atoms with Crippen molar-refractivity contribution in [3.8, 4) is 0 Å². The van der Waals surface area contributed by atoms with Crippen LogP contribution in [0, 0.1) is 6.07 Å². The van der Waals surface area contributed by atoms with E-state index in [1.165, 1.54) is 44.5 Å². The third-order valence-electron chi connectivity index (χ3n) is 7.20. The summed E-state index contributed by atoms with van der Waals surface area (Å²) in [7, 11) is 0. The lowest BCUT2D eigenvalue weighted by Crippen LogP contribution is -2.24. The number of hydrogen-bond donors (Lipinski definition) is 0. The van der Waals surface area contributed by atoms with Crippen LogP contribution >= 0.6 is 0 Å². The van der Waals surface area contributed by atoms with Gasteiger partial charge in [-0.15, -0.1) is 0 Å². The van der Waals surface area contributed by atoms with Crippen LogP contribution in [-0.2, 0) is 34.5 Å². The second kappa shape index (κ2) is 9.85. The fourth-order valence-corrected chi connectivity index (χ4v) is 5.75. The molecular weight excluding hydrogens is 432 g/mol. The number of rotatable bonds is 4. The van der Waals surface area contributed by atoms with Crippen molar-refractivity contribution >= 4 is 0 Å². The van der Waals surface area contributed by atoms with E-state index >= 15 is 0 Å². The Morgan fingerprint density at radius 2 is 0.889 bits per heavy atom. The van der Waals surface area contributed by atoms with E-state index in [4.69, 9.17) is 0 Å². The molecule has 0 amide bonds. The van der Waals surface area contributed by atoms with Gasteiger partial charge in [-0.3, -0.25) is 0 Å². The molecule has 36 heavy (non-hydrogen) atoms. The highest BCUT2D eigenvalue weighted by molar-refractivity contribution is 5.49. The maximum absolute atomic E-state index is 3.65. The average Bonchev–Trinajstić information content (AvgIpc) is 2.72. The second-order valence-corrected chi connectivity index (χ2v) is 14.7. The lowest BCUT2D eigenvalue weighted by molar-refractivity contribution is 0.525. The Morgan fingerprint density at radius 1 is 0.472 bits per heavy atom. The molecule has 0 heterocycles. The first-order valence-corrected chi connectivity index (χ1v) is 13.6. The molecule has 0 aliphatic carbocycles. The smallest absolute Gasteiger partial charge is 0.00137 e. The third-order valence-corrected chi connectivity index (χ3v) is 7.20. The van der Waals surface area contributed by atoms with Crippen molar-refractivity contribution in [2.45, 2.75) is 118 Å². The molecule has 0 saturated carbocycles. The summed E-state index contributed by atoms with van der Waals surface area (Å²) in [6.45, 7) is 28.1. The van der Waals surface area contributed by atoms with Crippen molar-refractivity contribution in [3.05, 3.63) is 105 Å². The van der Waals surface area contributed by atoms with E-state index in [-0.39, 0.29) is 21.7 Å². The van der Waals surface area contributed by atoms with Gasteiger partial charge in [-0.1, -0.05) is 138 Å². The minimum absolute atomic E-state index is 0.0780. The molecule has 3 aromatic rings. The van der Waals surface area contributed by atoms with Gasteiger partial charge in [0.1, 0.15) is 0 Å². The Balaban J connectivity index is 2.13. The van der Waals surface area contributed by atoms with Crippen molar-refractivity contribution in [2.75, 3.05) is 0 Å². The summed E-state index contributed by atoms with van der Waals surface area (Å²) in [4.78, 5) is 0. The van der Waals surface area contributed by atoms with Crippen molar-refractivity contribution in [1.82, 2.24) is 0 Å². The van der Waals surface area contributed by atoms with Crippen LogP contribution < -0.4 is 0 Å². The molecule has 3 rings (SSSR count). The molecule has 193 valence electrons. The Hall–Kier alpha value is -2.34. The highest BCUT2D eigenvalue weighted by Crippen LogP contribution is 2.39. The fourth-order valence-electron chi connectivity index (χ4n) is 5.75. The fraction of sp³-hybridized carbons (Fsp3) is 0.500. The minimum Gasteiger partial charge on any atom is -0.0617 e. The Kier molecular flexibility index (Phi) is 7.72. The molecule has 3 aromatic carbocycles. The zero-order chi connectivity index (χ0) is 27.1. The van der Waals surface area contributed by atoms with Gasteiger partial charge < -0.3 is 0 Å². The van der Waals surface area contributed by atoms with E-state index in [9.17, 15) is 0 Å². The zero-order valence-electron chi connectivity index (χ0n) is 25.1. The molecular formula is C36H49. The quantitative estimate of drug-likeness (QED) is 0.348. The summed E-state index contributed by atoms with van der Waals surface area (Å²) < 4.78 is 0. The molecule has 0 atom stereocenters. The summed E-state index contributed by atoms with van der Waals surface area (Å²) in [6, 6.07) is 24.0. The van der Waals surface area contributed by atoms with Crippen molar-refractivity contribution in [1.29, 1.82) is 0 Å². The summed E-state index contributed by atoms with van der Waals surface area (Å²) >= 11 is 0. The van der Waals surface area contributed by atoms with Gasteiger partial charge in [-0.25, -0.2) is 0 Å². The van der Waals surface area contributed by atoms with Crippen LogP contribution in [0.15, 0.2) is 54.6 Å². The second-order valence-electron chi connectivity index (χ2n) is 14.7. The number of benzene rings is 3. The Labute approximate surface area is 222 Å². The highest BCUT2D eigenvalue weighted by atomic mass is 14.3. The summed E-state index contributed by atoms with van der Waals surface area (Å²) in [5.41, 5.74) is 11.9. The lowest BCUT2D eigenvalue weighted by atomic mass is 9.71. The Bertz CT molecular complexity index is 1100.